The minimum Gasteiger partial charge on any atom is -0.348 e. The van der Waals surface area contributed by atoms with Crippen LogP contribution in [0, 0.1) is 0 Å². The zero-order valence-corrected chi connectivity index (χ0v) is 14.3. The number of nitrogens with one attached hydrogen (secondary N) is 1. The van der Waals surface area contributed by atoms with Crippen LogP contribution >= 0.6 is 0 Å². The van der Waals surface area contributed by atoms with Crippen molar-refractivity contribution in [2.75, 3.05) is 6.61 Å². The van der Waals surface area contributed by atoms with Crippen molar-refractivity contribution in [3.63, 3.8) is 0 Å². The van der Waals surface area contributed by atoms with Gasteiger partial charge in [-0.2, -0.15) is 0 Å². The summed E-state index contributed by atoms with van der Waals surface area (Å²) in [6, 6.07) is 20.8. The van der Waals surface area contributed by atoms with E-state index in [1.807, 2.05) is 38.1 Å². The van der Waals surface area contributed by atoms with Gasteiger partial charge in [-0.15, -0.1) is 0 Å². The summed E-state index contributed by atoms with van der Waals surface area (Å²) in [6.07, 6.45) is 4.31. The Labute approximate surface area is 144 Å². The maximum atomic E-state index is 6.05. The number of benzene rings is 2. The molecule has 3 nitrogen and oxygen atoms in total. The number of hydrogen-bond donors (Lipinski definition) is 1. The fourth-order valence-corrected chi connectivity index (χ4v) is 2.83. The monoisotopic (exact) mass is 323 g/mol. The van der Waals surface area contributed by atoms with Gasteiger partial charge in [0.1, 0.15) is 6.10 Å². The van der Waals surface area contributed by atoms with Crippen molar-refractivity contribution in [2.45, 2.75) is 38.3 Å². The molecule has 0 unspecified atom stereocenters. The molecule has 0 bridgehead atoms. The first-order valence-corrected chi connectivity index (χ1v) is 8.45. The predicted molar refractivity (Wildman–Crippen MR) is 97.4 cm³/mol. The summed E-state index contributed by atoms with van der Waals surface area (Å²) in [5.41, 5.74) is 2.44. The SMILES string of the molecule is CC1(C)OC[C@H]([C@@H](/C=C/c2ccccc2)NCc2ccccc2)O1. The Morgan fingerprint density at radius 2 is 1.75 bits per heavy atom. The minimum atomic E-state index is -0.516. The van der Waals surface area contributed by atoms with Crippen LogP contribution in [-0.4, -0.2) is 24.5 Å². The van der Waals surface area contributed by atoms with Crippen molar-refractivity contribution in [1.82, 2.24) is 5.32 Å². The maximum absolute atomic E-state index is 6.05. The lowest BCUT2D eigenvalue weighted by atomic mass is 10.1. The Morgan fingerprint density at radius 3 is 2.38 bits per heavy atom. The summed E-state index contributed by atoms with van der Waals surface area (Å²) in [7, 11) is 0. The van der Waals surface area contributed by atoms with Crippen LogP contribution in [0.3, 0.4) is 0 Å². The molecule has 0 aromatic heterocycles. The average molecular weight is 323 g/mol. The molecule has 3 heteroatoms. The van der Waals surface area contributed by atoms with E-state index in [1.165, 1.54) is 11.1 Å². The summed E-state index contributed by atoms with van der Waals surface area (Å²) in [5.74, 6) is -0.516. The van der Waals surface area contributed by atoms with Crippen LogP contribution in [-0.2, 0) is 16.0 Å². The lowest BCUT2D eigenvalue weighted by molar-refractivity contribution is -0.140. The van der Waals surface area contributed by atoms with E-state index in [1.54, 1.807) is 0 Å². The van der Waals surface area contributed by atoms with Gasteiger partial charge in [-0.05, 0) is 25.0 Å². The molecule has 0 aliphatic carbocycles. The number of rotatable bonds is 6. The molecule has 0 saturated carbocycles. The summed E-state index contributed by atoms with van der Waals surface area (Å²) in [6.45, 7) is 5.31. The molecule has 0 spiro atoms. The van der Waals surface area contributed by atoms with E-state index in [0.29, 0.717) is 6.61 Å². The van der Waals surface area contributed by atoms with Crippen molar-refractivity contribution >= 4 is 6.08 Å². The van der Waals surface area contributed by atoms with Crippen molar-refractivity contribution in [2.24, 2.45) is 0 Å². The highest BCUT2D eigenvalue weighted by Crippen LogP contribution is 2.25. The third-order valence-electron chi connectivity index (χ3n) is 4.11. The van der Waals surface area contributed by atoms with Gasteiger partial charge < -0.3 is 14.8 Å². The molecule has 2 atom stereocenters. The first-order valence-electron chi connectivity index (χ1n) is 8.45. The van der Waals surface area contributed by atoms with E-state index >= 15 is 0 Å². The molecule has 1 aliphatic rings. The summed E-state index contributed by atoms with van der Waals surface area (Å²) in [4.78, 5) is 0. The number of hydrogen-bond acceptors (Lipinski definition) is 3. The van der Waals surface area contributed by atoms with Crippen molar-refractivity contribution in [1.29, 1.82) is 0 Å². The minimum absolute atomic E-state index is 0.00340. The molecule has 1 heterocycles. The van der Waals surface area contributed by atoms with Crippen LogP contribution in [0.15, 0.2) is 66.7 Å². The molecule has 1 aliphatic heterocycles. The van der Waals surface area contributed by atoms with Gasteiger partial charge in [0.2, 0.25) is 0 Å². The van der Waals surface area contributed by atoms with Crippen LogP contribution in [0.5, 0.6) is 0 Å². The molecular weight excluding hydrogens is 298 g/mol. The second kappa shape index (κ2) is 7.75. The van der Waals surface area contributed by atoms with Crippen LogP contribution in [0.4, 0.5) is 0 Å². The fraction of sp³-hybridized carbons (Fsp3) is 0.333. The largest absolute Gasteiger partial charge is 0.348 e. The van der Waals surface area contributed by atoms with Crippen LogP contribution in [0.2, 0.25) is 0 Å². The van der Waals surface area contributed by atoms with Gasteiger partial charge in [0.15, 0.2) is 5.79 Å². The third-order valence-corrected chi connectivity index (χ3v) is 4.11. The molecule has 2 aromatic carbocycles. The van der Waals surface area contributed by atoms with E-state index in [-0.39, 0.29) is 12.1 Å². The van der Waals surface area contributed by atoms with Crippen molar-refractivity contribution in [3.05, 3.63) is 77.9 Å². The first kappa shape index (κ1) is 16.9. The zero-order chi connectivity index (χ0) is 16.8. The smallest absolute Gasteiger partial charge is 0.163 e. The van der Waals surface area contributed by atoms with Gasteiger partial charge in [-0.1, -0.05) is 72.8 Å². The summed E-state index contributed by atoms with van der Waals surface area (Å²) < 4.78 is 11.8. The Kier molecular flexibility index (Phi) is 5.46. The number of ether oxygens (including phenoxy) is 2. The molecule has 2 aromatic rings. The third kappa shape index (κ3) is 4.78. The molecule has 126 valence electrons. The first-order chi connectivity index (χ1) is 11.6. The van der Waals surface area contributed by atoms with E-state index in [4.69, 9.17) is 9.47 Å². The van der Waals surface area contributed by atoms with E-state index < -0.39 is 5.79 Å². The molecule has 1 N–H and O–H groups in total. The Bertz CT molecular complexity index is 652. The van der Waals surface area contributed by atoms with Gasteiger partial charge in [0.05, 0.1) is 12.6 Å². The van der Waals surface area contributed by atoms with E-state index in [9.17, 15) is 0 Å². The normalized spacial score (nSPS) is 21.2. The maximum Gasteiger partial charge on any atom is 0.163 e. The predicted octanol–water partition coefficient (Wildman–Crippen LogP) is 4.01. The lowest BCUT2D eigenvalue weighted by Crippen LogP contribution is -2.40. The zero-order valence-electron chi connectivity index (χ0n) is 14.3. The Morgan fingerprint density at radius 1 is 1.08 bits per heavy atom. The topological polar surface area (TPSA) is 30.5 Å². The van der Waals surface area contributed by atoms with Gasteiger partial charge in [-0.25, -0.2) is 0 Å². The molecule has 0 radical (unpaired) electrons. The Hall–Kier alpha value is -1.94. The average Bonchev–Trinajstić information content (AvgIpc) is 2.96. The molecule has 0 amide bonds. The molecule has 1 fully saturated rings. The quantitative estimate of drug-likeness (QED) is 0.871. The highest BCUT2D eigenvalue weighted by molar-refractivity contribution is 5.49. The van der Waals surface area contributed by atoms with Crippen molar-refractivity contribution < 1.29 is 9.47 Å². The van der Waals surface area contributed by atoms with Gasteiger partial charge >= 0.3 is 0 Å². The second-order valence-electron chi connectivity index (χ2n) is 6.53. The molecular formula is C21H25NO2. The Balaban J connectivity index is 1.70. The van der Waals surface area contributed by atoms with Gasteiger partial charge in [0, 0.05) is 6.54 Å². The standard InChI is InChI=1S/C21H25NO2/c1-21(2)23-16-20(24-21)19(14-13-17-9-5-3-6-10-17)22-15-18-11-7-4-8-12-18/h3-14,19-20,22H,15-16H2,1-2H3/b14-13+/t19-,20-/m1/s1. The van der Waals surface area contributed by atoms with Crippen LogP contribution in [0.1, 0.15) is 25.0 Å². The molecule has 3 rings (SSSR count). The highest BCUT2D eigenvalue weighted by atomic mass is 16.7. The van der Waals surface area contributed by atoms with Gasteiger partial charge in [0.25, 0.3) is 0 Å². The van der Waals surface area contributed by atoms with Crippen LogP contribution in [0.25, 0.3) is 6.08 Å². The van der Waals surface area contributed by atoms with E-state index in [0.717, 1.165) is 6.54 Å². The molecule has 24 heavy (non-hydrogen) atoms. The summed E-state index contributed by atoms with van der Waals surface area (Å²) >= 11 is 0. The van der Waals surface area contributed by atoms with E-state index in [2.05, 4.69) is 53.9 Å². The van der Waals surface area contributed by atoms with Gasteiger partial charge in [-0.3, -0.25) is 0 Å². The van der Waals surface area contributed by atoms with Crippen molar-refractivity contribution in [3.8, 4) is 0 Å². The summed E-state index contributed by atoms with van der Waals surface area (Å²) in [5, 5.41) is 3.59. The highest BCUT2D eigenvalue weighted by Gasteiger charge is 2.36. The fourth-order valence-electron chi connectivity index (χ4n) is 2.83. The lowest BCUT2D eigenvalue weighted by Gasteiger charge is -2.23. The van der Waals surface area contributed by atoms with Crippen LogP contribution < -0.4 is 5.32 Å². The second-order valence-corrected chi connectivity index (χ2v) is 6.53. The molecule has 1 saturated heterocycles.